The van der Waals surface area contributed by atoms with E-state index >= 15 is 0 Å². The summed E-state index contributed by atoms with van der Waals surface area (Å²) in [5, 5.41) is 15.5. The van der Waals surface area contributed by atoms with Crippen molar-refractivity contribution in [3.63, 3.8) is 0 Å². The van der Waals surface area contributed by atoms with E-state index in [0.717, 1.165) is 24.3 Å². The lowest BCUT2D eigenvalue weighted by atomic mass is 10.2. The molecule has 0 spiro atoms. The molecule has 0 aliphatic rings. The second kappa shape index (κ2) is 7.26. The SMILES string of the molecule is CCCn1nnnc1NCc1cc(Cl)ccc1OC(C)C. The maximum Gasteiger partial charge on any atom is 0.243 e. The van der Waals surface area contributed by atoms with E-state index in [-0.39, 0.29) is 6.10 Å². The maximum atomic E-state index is 6.07. The molecular formula is C14H20ClN5O. The molecule has 2 rings (SSSR count). The predicted molar refractivity (Wildman–Crippen MR) is 82.7 cm³/mol. The highest BCUT2D eigenvalue weighted by Crippen LogP contribution is 2.24. The van der Waals surface area contributed by atoms with Gasteiger partial charge >= 0.3 is 0 Å². The number of nitrogens with zero attached hydrogens (tertiary/aromatic N) is 4. The standard InChI is InChI=1S/C14H20ClN5O/c1-4-7-20-14(17-18-19-20)16-9-11-8-12(15)5-6-13(11)21-10(2)3/h5-6,8,10H,4,7,9H2,1-3H3,(H,16,17,19). The second-order valence-electron chi connectivity index (χ2n) is 5.00. The lowest BCUT2D eigenvalue weighted by molar-refractivity contribution is 0.240. The Morgan fingerprint density at radius 1 is 1.38 bits per heavy atom. The van der Waals surface area contributed by atoms with Gasteiger partial charge in [0.2, 0.25) is 5.95 Å². The summed E-state index contributed by atoms with van der Waals surface area (Å²) in [4.78, 5) is 0. The number of ether oxygens (including phenoxy) is 1. The quantitative estimate of drug-likeness (QED) is 0.851. The number of hydrogen-bond donors (Lipinski definition) is 1. The zero-order chi connectivity index (χ0) is 15.2. The molecule has 2 aromatic rings. The van der Waals surface area contributed by atoms with Gasteiger partial charge in [0.15, 0.2) is 0 Å². The molecule has 0 aliphatic heterocycles. The average molecular weight is 310 g/mol. The Bertz CT molecular complexity index is 584. The Kier molecular flexibility index (Phi) is 5.38. The highest BCUT2D eigenvalue weighted by atomic mass is 35.5. The van der Waals surface area contributed by atoms with Gasteiger partial charge in [0.05, 0.1) is 6.10 Å². The lowest BCUT2D eigenvalue weighted by Gasteiger charge is -2.15. The molecule has 0 aliphatic carbocycles. The fourth-order valence-electron chi connectivity index (χ4n) is 1.92. The number of tetrazole rings is 1. The first-order valence-corrected chi connectivity index (χ1v) is 7.43. The highest BCUT2D eigenvalue weighted by molar-refractivity contribution is 6.30. The van der Waals surface area contributed by atoms with Crippen molar-refractivity contribution in [3.05, 3.63) is 28.8 Å². The molecule has 0 bridgehead atoms. The van der Waals surface area contributed by atoms with Crippen molar-refractivity contribution in [1.29, 1.82) is 0 Å². The van der Waals surface area contributed by atoms with Gasteiger partial charge in [0.1, 0.15) is 5.75 Å². The molecule has 0 saturated carbocycles. The van der Waals surface area contributed by atoms with Crippen molar-refractivity contribution in [2.75, 3.05) is 5.32 Å². The van der Waals surface area contributed by atoms with Crippen molar-refractivity contribution in [1.82, 2.24) is 20.2 Å². The molecule has 21 heavy (non-hydrogen) atoms. The molecular weight excluding hydrogens is 290 g/mol. The molecule has 7 heteroatoms. The normalized spacial score (nSPS) is 10.9. The van der Waals surface area contributed by atoms with Gasteiger partial charge in [-0.15, -0.1) is 0 Å². The second-order valence-corrected chi connectivity index (χ2v) is 5.43. The van der Waals surface area contributed by atoms with E-state index in [2.05, 4.69) is 27.8 Å². The van der Waals surface area contributed by atoms with Crippen LogP contribution in [0.3, 0.4) is 0 Å². The summed E-state index contributed by atoms with van der Waals surface area (Å²) in [6, 6.07) is 5.60. The van der Waals surface area contributed by atoms with Crippen LogP contribution < -0.4 is 10.1 Å². The number of aryl methyl sites for hydroxylation is 1. The highest BCUT2D eigenvalue weighted by Gasteiger charge is 2.09. The van der Waals surface area contributed by atoms with E-state index < -0.39 is 0 Å². The summed E-state index contributed by atoms with van der Waals surface area (Å²) < 4.78 is 7.53. The van der Waals surface area contributed by atoms with Crippen LogP contribution in [-0.4, -0.2) is 26.3 Å². The summed E-state index contributed by atoms with van der Waals surface area (Å²) in [5.41, 5.74) is 0.974. The molecule has 0 amide bonds. The van der Waals surface area contributed by atoms with Gasteiger partial charge in [-0.1, -0.05) is 23.6 Å². The van der Waals surface area contributed by atoms with Crippen molar-refractivity contribution >= 4 is 17.5 Å². The Balaban J connectivity index is 2.11. The Hall–Kier alpha value is -1.82. The molecule has 6 nitrogen and oxygen atoms in total. The number of halogens is 1. The summed E-state index contributed by atoms with van der Waals surface area (Å²) in [7, 11) is 0. The minimum Gasteiger partial charge on any atom is -0.491 e. The first kappa shape index (κ1) is 15.6. The lowest BCUT2D eigenvalue weighted by Crippen LogP contribution is -2.12. The van der Waals surface area contributed by atoms with Crippen LogP contribution in [0.2, 0.25) is 5.02 Å². The third-order valence-electron chi connectivity index (χ3n) is 2.79. The van der Waals surface area contributed by atoms with E-state index in [0.29, 0.717) is 17.5 Å². The van der Waals surface area contributed by atoms with Crippen LogP contribution in [0.1, 0.15) is 32.8 Å². The van der Waals surface area contributed by atoms with Gasteiger partial charge in [-0.25, -0.2) is 4.68 Å². The van der Waals surface area contributed by atoms with E-state index in [9.17, 15) is 0 Å². The van der Waals surface area contributed by atoms with Crippen molar-refractivity contribution in [2.45, 2.75) is 46.4 Å². The Labute approximate surface area is 129 Å². The average Bonchev–Trinajstić information content (AvgIpc) is 2.86. The van der Waals surface area contributed by atoms with E-state index in [1.807, 2.05) is 32.0 Å². The van der Waals surface area contributed by atoms with Gasteiger partial charge < -0.3 is 10.1 Å². The monoisotopic (exact) mass is 309 g/mol. The van der Waals surface area contributed by atoms with E-state index in [1.165, 1.54) is 0 Å². The zero-order valence-corrected chi connectivity index (χ0v) is 13.3. The Morgan fingerprint density at radius 2 is 2.19 bits per heavy atom. The molecule has 114 valence electrons. The van der Waals surface area contributed by atoms with Gasteiger partial charge in [0.25, 0.3) is 0 Å². The minimum atomic E-state index is 0.107. The van der Waals surface area contributed by atoms with Gasteiger partial charge in [-0.3, -0.25) is 0 Å². The van der Waals surface area contributed by atoms with Crippen molar-refractivity contribution in [2.24, 2.45) is 0 Å². The molecule has 0 saturated heterocycles. The van der Waals surface area contributed by atoms with E-state index in [1.54, 1.807) is 4.68 Å². The van der Waals surface area contributed by atoms with Gasteiger partial charge in [-0.2, -0.15) is 0 Å². The van der Waals surface area contributed by atoms with Crippen LogP contribution in [0.5, 0.6) is 5.75 Å². The first-order valence-electron chi connectivity index (χ1n) is 7.05. The fourth-order valence-corrected chi connectivity index (χ4v) is 2.12. The molecule has 0 atom stereocenters. The Morgan fingerprint density at radius 3 is 2.90 bits per heavy atom. The third-order valence-corrected chi connectivity index (χ3v) is 3.02. The molecule has 1 N–H and O–H groups in total. The zero-order valence-electron chi connectivity index (χ0n) is 12.5. The largest absolute Gasteiger partial charge is 0.491 e. The minimum absolute atomic E-state index is 0.107. The number of hydrogen-bond acceptors (Lipinski definition) is 5. The number of benzene rings is 1. The molecule has 0 fully saturated rings. The number of anilines is 1. The number of rotatable bonds is 7. The van der Waals surface area contributed by atoms with Crippen LogP contribution in [0.25, 0.3) is 0 Å². The smallest absolute Gasteiger partial charge is 0.243 e. The van der Waals surface area contributed by atoms with E-state index in [4.69, 9.17) is 16.3 Å². The number of nitrogens with one attached hydrogen (secondary N) is 1. The van der Waals surface area contributed by atoms with Crippen LogP contribution >= 0.6 is 11.6 Å². The molecule has 0 unspecified atom stereocenters. The topological polar surface area (TPSA) is 64.9 Å². The van der Waals surface area contributed by atoms with Gasteiger partial charge in [0, 0.05) is 23.7 Å². The maximum absolute atomic E-state index is 6.07. The summed E-state index contributed by atoms with van der Waals surface area (Å²) in [6.07, 6.45) is 1.08. The van der Waals surface area contributed by atoms with Crippen LogP contribution in [0.4, 0.5) is 5.95 Å². The third kappa shape index (κ3) is 4.32. The fraction of sp³-hybridized carbons (Fsp3) is 0.500. The predicted octanol–water partition coefficient (Wildman–Crippen LogP) is 3.14. The molecule has 0 radical (unpaired) electrons. The van der Waals surface area contributed by atoms with Crippen LogP contribution in [0.15, 0.2) is 18.2 Å². The molecule has 1 heterocycles. The van der Waals surface area contributed by atoms with Crippen LogP contribution in [-0.2, 0) is 13.1 Å². The number of aromatic nitrogens is 4. The summed E-state index contributed by atoms with van der Waals surface area (Å²) in [6.45, 7) is 7.39. The van der Waals surface area contributed by atoms with Crippen molar-refractivity contribution in [3.8, 4) is 5.75 Å². The summed E-state index contributed by atoms with van der Waals surface area (Å²) >= 11 is 6.07. The van der Waals surface area contributed by atoms with Crippen molar-refractivity contribution < 1.29 is 4.74 Å². The first-order chi connectivity index (χ1) is 10.1. The van der Waals surface area contributed by atoms with Crippen LogP contribution in [0, 0.1) is 0 Å². The van der Waals surface area contributed by atoms with Gasteiger partial charge in [-0.05, 0) is 48.9 Å². The summed E-state index contributed by atoms with van der Waals surface area (Å²) in [5.74, 6) is 1.46. The molecule has 1 aromatic carbocycles. The molecule has 1 aromatic heterocycles.